The van der Waals surface area contributed by atoms with Crippen LogP contribution in [-0.2, 0) is 9.53 Å². The minimum atomic E-state index is -0.861. The Morgan fingerprint density at radius 1 is 1.13 bits per heavy atom. The predicted octanol–water partition coefficient (Wildman–Crippen LogP) is 6.22. The molecule has 0 saturated carbocycles. The molecule has 0 radical (unpaired) electrons. The third-order valence-electron chi connectivity index (χ3n) is 7.91. The molecule has 0 bridgehead atoms. The number of nitro benzene ring substituents is 1. The topological polar surface area (TPSA) is 126 Å². The summed E-state index contributed by atoms with van der Waals surface area (Å²) in [4.78, 5) is 44.2. The first-order valence-electron chi connectivity index (χ1n) is 14.9. The third kappa shape index (κ3) is 5.43. The van der Waals surface area contributed by atoms with Crippen LogP contribution in [0.4, 0.5) is 5.69 Å². The van der Waals surface area contributed by atoms with Crippen LogP contribution in [0.5, 0.6) is 5.75 Å². The van der Waals surface area contributed by atoms with Gasteiger partial charge in [-0.1, -0.05) is 61.1 Å². The van der Waals surface area contributed by atoms with E-state index in [1.807, 2.05) is 50.2 Å². The van der Waals surface area contributed by atoms with Crippen molar-refractivity contribution in [1.29, 1.82) is 0 Å². The summed E-state index contributed by atoms with van der Waals surface area (Å²) in [6.45, 7) is 5.76. The summed E-state index contributed by atoms with van der Waals surface area (Å²) in [6, 6.07) is 18.7. The number of hydrogen-bond acceptors (Lipinski definition) is 9. The van der Waals surface area contributed by atoms with E-state index in [0.29, 0.717) is 55.4 Å². The zero-order valence-corrected chi connectivity index (χ0v) is 26.6. The van der Waals surface area contributed by atoms with Gasteiger partial charge in [-0.05, 0) is 54.8 Å². The number of furan rings is 1. The molecule has 0 amide bonds. The molecule has 234 valence electrons. The maximum absolute atomic E-state index is 14.3. The van der Waals surface area contributed by atoms with Crippen molar-refractivity contribution in [1.82, 2.24) is 4.57 Å². The van der Waals surface area contributed by atoms with E-state index in [9.17, 15) is 19.7 Å². The van der Waals surface area contributed by atoms with Gasteiger partial charge in [0.2, 0.25) is 0 Å². The Hall–Kier alpha value is -5.29. The minimum Gasteiger partial charge on any atom is -0.496 e. The van der Waals surface area contributed by atoms with Crippen LogP contribution >= 0.6 is 11.3 Å². The number of ether oxygens (including phenoxy) is 2. The number of nitrogens with zero attached hydrogens (tertiary/aromatic N) is 3. The Balaban J connectivity index is 1.58. The van der Waals surface area contributed by atoms with Gasteiger partial charge in [0, 0.05) is 29.3 Å². The number of allylic oxidation sites excluding steroid dienone is 1. The highest BCUT2D eigenvalue weighted by molar-refractivity contribution is 7.07. The number of rotatable bonds is 9. The molecule has 1 aliphatic heterocycles. The van der Waals surface area contributed by atoms with Crippen LogP contribution in [-0.4, -0.2) is 29.2 Å². The van der Waals surface area contributed by atoms with Gasteiger partial charge in [0.15, 0.2) is 4.80 Å². The summed E-state index contributed by atoms with van der Waals surface area (Å²) in [5.41, 5.74) is 2.53. The van der Waals surface area contributed by atoms with Crippen LogP contribution in [0.25, 0.3) is 28.2 Å². The molecule has 46 heavy (non-hydrogen) atoms. The predicted molar refractivity (Wildman–Crippen MR) is 176 cm³/mol. The molecule has 1 aliphatic rings. The van der Waals surface area contributed by atoms with Gasteiger partial charge < -0.3 is 13.9 Å². The number of benzene rings is 3. The summed E-state index contributed by atoms with van der Waals surface area (Å²) >= 11 is 1.20. The molecule has 0 saturated heterocycles. The van der Waals surface area contributed by atoms with Crippen LogP contribution in [0.2, 0.25) is 0 Å². The normalized spacial score (nSPS) is 14.7. The number of hydrogen-bond donors (Lipinski definition) is 0. The number of esters is 1. The van der Waals surface area contributed by atoms with Crippen LogP contribution in [0, 0.1) is 17.0 Å². The van der Waals surface area contributed by atoms with Gasteiger partial charge in [-0.25, -0.2) is 9.79 Å². The van der Waals surface area contributed by atoms with Crippen molar-refractivity contribution < 1.29 is 23.6 Å². The lowest BCUT2D eigenvalue weighted by Gasteiger charge is -2.28. The van der Waals surface area contributed by atoms with Crippen molar-refractivity contribution in [3.8, 4) is 17.1 Å². The van der Waals surface area contributed by atoms with Gasteiger partial charge in [0.1, 0.15) is 23.3 Å². The lowest BCUT2D eigenvalue weighted by molar-refractivity contribution is -0.384. The monoisotopic (exact) mass is 637 g/mol. The third-order valence-corrected chi connectivity index (χ3v) is 8.90. The van der Waals surface area contributed by atoms with Crippen molar-refractivity contribution >= 4 is 39.8 Å². The molecule has 6 rings (SSSR count). The molecule has 0 aliphatic carbocycles. The molecule has 10 nitrogen and oxygen atoms in total. The molecule has 5 aromatic rings. The molecule has 2 aromatic heterocycles. The highest BCUT2D eigenvalue weighted by Crippen LogP contribution is 2.41. The fourth-order valence-corrected chi connectivity index (χ4v) is 6.82. The number of aromatic nitrogens is 1. The molecule has 1 atom stereocenters. The van der Waals surface area contributed by atoms with Crippen molar-refractivity contribution in [2.75, 3.05) is 13.7 Å². The van der Waals surface area contributed by atoms with E-state index >= 15 is 0 Å². The molecule has 11 heteroatoms. The van der Waals surface area contributed by atoms with Gasteiger partial charge in [-0.3, -0.25) is 19.5 Å². The maximum Gasteiger partial charge on any atom is 0.338 e. The first-order valence-corrected chi connectivity index (χ1v) is 15.7. The number of thiazole rings is 1. The number of carbonyl (C=O) groups excluding carboxylic acids is 1. The zero-order valence-electron chi connectivity index (χ0n) is 25.7. The summed E-state index contributed by atoms with van der Waals surface area (Å²) < 4.78 is 19.4. The number of nitro groups is 1. The molecular formula is C35H31N3O7S. The van der Waals surface area contributed by atoms with Crippen molar-refractivity contribution in [2.45, 2.75) is 39.7 Å². The Morgan fingerprint density at radius 2 is 1.93 bits per heavy atom. The van der Waals surface area contributed by atoms with Crippen LogP contribution in [0.3, 0.4) is 0 Å². The van der Waals surface area contributed by atoms with Gasteiger partial charge >= 0.3 is 5.97 Å². The van der Waals surface area contributed by atoms with Crippen molar-refractivity contribution in [3.63, 3.8) is 0 Å². The number of fused-ring (bicyclic) bond motifs is 2. The van der Waals surface area contributed by atoms with Gasteiger partial charge in [0.25, 0.3) is 11.2 Å². The smallest absolute Gasteiger partial charge is 0.338 e. The SMILES string of the molecule is CCCC1=C(C(=O)OCC)C(c2c(OC)ccc3ccccc23)n2c(s/c(=C\c3ccc(-c4cc([N+](=O)[O-])ccc4C)o3)c2=O)=N1. The number of carbonyl (C=O) groups is 1. The quantitative estimate of drug-likeness (QED) is 0.107. The van der Waals surface area contributed by atoms with E-state index in [-0.39, 0.29) is 17.9 Å². The van der Waals surface area contributed by atoms with Crippen LogP contribution in [0.1, 0.15) is 49.6 Å². The van der Waals surface area contributed by atoms with E-state index in [4.69, 9.17) is 18.9 Å². The Morgan fingerprint density at radius 3 is 2.67 bits per heavy atom. The molecule has 3 aromatic carbocycles. The standard InChI is InChI=1S/C35H31N3O7S/c1-5-9-26-31(34(40)44-6-2)32(30-24-11-8-7-10-21(24)13-16-28(30)43-4)37-33(39)29(46-35(37)36-26)19-23-15-17-27(45-23)25-18-22(38(41)42)14-12-20(25)3/h7-8,10-19,32H,5-6,9H2,1-4H3/b29-19-. The summed E-state index contributed by atoms with van der Waals surface area (Å²) in [5.74, 6) is 0.824. The minimum absolute atomic E-state index is 0.0454. The average Bonchev–Trinajstić information content (AvgIpc) is 3.64. The largest absolute Gasteiger partial charge is 0.496 e. The maximum atomic E-state index is 14.3. The molecular weight excluding hydrogens is 606 g/mol. The molecule has 0 spiro atoms. The van der Waals surface area contributed by atoms with Gasteiger partial charge in [0.05, 0.1) is 34.4 Å². The number of methoxy groups -OCH3 is 1. The fraction of sp³-hybridized carbons (Fsp3) is 0.229. The lowest BCUT2D eigenvalue weighted by atomic mass is 9.90. The second-order valence-corrected chi connectivity index (χ2v) is 11.8. The van der Waals surface area contributed by atoms with Crippen LogP contribution in [0.15, 0.2) is 92.2 Å². The van der Waals surface area contributed by atoms with Crippen LogP contribution < -0.4 is 19.6 Å². The molecule has 3 heterocycles. The summed E-state index contributed by atoms with van der Waals surface area (Å²) in [7, 11) is 1.57. The second kappa shape index (κ2) is 12.6. The summed E-state index contributed by atoms with van der Waals surface area (Å²) in [5, 5.41) is 13.1. The van der Waals surface area contributed by atoms with E-state index in [0.717, 1.165) is 22.8 Å². The van der Waals surface area contributed by atoms with E-state index in [2.05, 4.69) is 0 Å². The molecule has 0 fully saturated rings. The first-order chi connectivity index (χ1) is 22.2. The summed E-state index contributed by atoms with van der Waals surface area (Å²) in [6.07, 6.45) is 2.86. The van der Waals surface area contributed by atoms with Crippen molar-refractivity contribution in [3.05, 3.63) is 125 Å². The van der Waals surface area contributed by atoms with E-state index in [1.54, 1.807) is 42.9 Å². The Kier molecular flexibility index (Phi) is 8.42. The van der Waals surface area contributed by atoms with Gasteiger partial charge in [-0.2, -0.15) is 0 Å². The highest BCUT2D eigenvalue weighted by atomic mass is 32.1. The second-order valence-electron chi connectivity index (χ2n) is 10.8. The Labute approximate surface area is 267 Å². The number of non-ortho nitro benzene ring substituents is 1. The van der Waals surface area contributed by atoms with E-state index < -0.39 is 16.9 Å². The molecule has 0 N–H and O–H groups in total. The Bertz CT molecular complexity index is 2220. The average molecular weight is 638 g/mol. The highest BCUT2D eigenvalue weighted by Gasteiger charge is 2.37. The first kappa shape index (κ1) is 30.7. The van der Waals surface area contributed by atoms with Gasteiger partial charge in [-0.15, -0.1) is 0 Å². The van der Waals surface area contributed by atoms with E-state index in [1.165, 1.54) is 23.5 Å². The lowest BCUT2D eigenvalue weighted by Crippen LogP contribution is -2.40. The zero-order chi connectivity index (χ0) is 32.5. The molecule has 1 unspecified atom stereocenters. The fourth-order valence-electron chi connectivity index (χ4n) is 5.82. The number of aryl methyl sites for hydroxylation is 1. The van der Waals surface area contributed by atoms with Crippen molar-refractivity contribution in [2.24, 2.45) is 4.99 Å².